The largest absolute Gasteiger partial charge is 0.0856 e. The van der Waals surface area contributed by atoms with Crippen LogP contribution in [-0.2, 0) is 0 Å². The van der Waals surface area contributed by atoms with Crippen molar-refractivity contribution in [3.05, 3.63) is 88.5 Å². The van der Waals surface area contributed by atoms with Crippen molar-refractivity contribution < 1.29 is 0 Å². The first kappa shape index (κ1) is 33.2. The Balaban J connectivity index is 4.13. The van der Waals surface area contributed by atoms with Crippen LogP contribution in [0, 0.1) is 6.92 Å². The molecule has 1 radical (unpaired) electrons. The first-order valence-electron chi connectivity index (χ1n) is 14.0. The molecule has 0 nitrogen and oxygen atoms in total. The highest BCUT2D eigenvalue weighted by Gasteiger charge is 1.96. The van der Waals surface area contributed by atoms with Gasteiger partial charge in [0.05, 0.1) is 0 Å². The topological polar surface area (TPSA) is 0 Å². The van der Waals surface area contributed by atoms with E-state index >= 15 is 0 Å². The molecule has 0 saturated heterocycles. The maximum atomic E-state index is 3.83. The van der Waals surface area contributed by atoms with Gasteiger partial charge in [-0.1, -0.05) is 81.5 Å². The van der Waals surface area contributed by atoms with E-state index in [0.717, 1.165) is 19.3 Å². The lowest BCUT2D eigenvalue weighted by Gasteiger charge is -2.04. The summed E-state index contributed by atoms with van der Waals surface area (Å²) in [7, 11) is 0. The molecule has 0 heterocycles. The van der Waals surface area contributed by atoms with Gasteiger partial charge in [-0.25, -0.2) is 0 Å². The van der Waals surface area contributed by atoms with Crippen LogP contribution in [0.25, 0.3) is 0 Å². The molecule has 0 fully saturated rings. The first-order valence-corrected chi connectivity index (χ1v) is 14.0. The average Bonchev–Trinajstić information content (AvgIpc) is 2.78. The molecule has 0 aromatic carbocycles. The lowest BCUT2D eigenvalue weighted by molar-refractivity contribution is 0.883. The third-order valence-electron chi connectivity index (χ3n) is 6.60. The molecular weight excluding hydrogens is 420 g/mol. The van der Waals surface area contributed by atoms with Crippen LogP contribution in [0.4, 0.5) is 0 Å². The summed E-state index contributed by atoms with van der Waals surface area (Å²) in [6, 6.07) is 0. The molecule has 0 bridgehead atoms. The Kier molecular flexibility index (Phi) is 20.3. The molecule has 0 rings (SSSR count). The van der Waals surface area contributed by atoms with Gasteiger partial charge in [0.2, 0.25) is 0 Å². The summed E-state index contributed by atoms with van der Waals surface area (Å²) in [6.45, 7) is 21.8. The van der Waals surface area contributed by atoms with Crippen molar-refractivity contribution in [1.82, 2.24) is 0 Å². The monoisotopic (exact) mass is 477 g/mol. The fraction of sp³-hybridized carbons (Fsp3) is 0.571. The Morgan fingerprint density at radius 1 is 0.371 bits per heavy atom. The Labute approximate surface area is 220 Å². The molecule has 0 aromatic rings. The normalized spacial score (nSPS) is 14.5. The van der Waals surface area contributed by atoms with Crippen LogP contribution < -0.4 is 0 Å². The predicted octanol–water partition coefficient (Wildman–Crippen LogP) is 12.1. The highest BCUT2D eigenvalue weighted by Crippen LogP contribution is 2.16. The SMILES string of the molecule is [CH2]/C=C(/C)CC/C=C(\C)CC/C=C(\C)CC/C=C(\C)CC/C=C(\C)CC/C=C(\C)CCC=C(C)C. The van der Waals surface area contributed by atoms with Crippen molar-refractivity contribution >= 4 is 0 Å². The minimum atomic E-state index is 1.13. The lowest BCUT2D eigenvalue weighted by atomic mass is 10.0. The van der Waals surface area contributed by atoms with Gasteiger partial charge in [0.1, 0.15) is 0 Å². The van der Waals surface area contributed by atoms with Crippen LogP contribution in [-0.4, -0.2) is 0 Å². The molecule has 0 heteroatoms. The second-order valence-electron chi connectivity index (χ2n) is 10.8. The Morgan fingerprint density at radius 2 is 0.600 bits per heavy atom. The molecule has 35 heavy (non-hydrogen) atoms. The summed E-state index contributed by atoms with van der Waals surface area (Å²) < 4.78 is 0. The summed E-state index contributed by atoms with van der Waals surface area (Å²) in [5.41, 5.74) is 10.4. The van der Waals surface area contributed by atoms with Gasteiger partial charge < -0.3 is 0 Å². The molecule has 197 valence electrons. The average molecular weight is 478 g/mol. The summed E-state index contributed by atoms with van der Waals surface area (Å²) >= 11 is 0. The molecule has 0 amide bonds. The smallest absolute Gasteiger partial charge is 0.0288 e. The first-order chi connectivity index (χ1) is 16.6. The molecule has 0 N–H and O–H groups in total. The van der Waals surface area contributed by atoms with Gasteiger partial charge in [0, 0.05) is 0 Å². The molecule has 0 aliphatic rings. The zero-order valence-electron chi connectivity index (χ0n) is 24.7. The number of allylic oxidation sites excluding steroid dienone is 14. The van der Waals surface area contributed by atoms with E-state index in [1.54, 1.807) is 0 Å². The minimum Gasteiger partial charge on any atom is -0.0856 e. The second-order valence-corrected chi connectivity index (χ2v) is 10.8. The fourth-order valence-electron chi connectivity index (χ4n) is 3.93. The molecule has 0 aliphatic heterocycles. The number of rotatable bonds is 18. The Bertz CT molecular complexity index is 782. The van der Waals surface area contributed by atoms with E-state index in [1.807, 2.05) is 6.08 Å². The Morgan fingerprint density at radius 3 is 0.829 bits per heavy atom. The van der Waals surface area contributed by atoms with Crippen molar-refractivity contribution in [3.8, 4) is 0 Å². The molecule has 0 saturated carbocycles. The summed E-state index contributed by atoms with van der Waals surface area (Å²) in [5, 5.41) is 0. The van der Waals surface area contributed by atoms with E-state index in [0.29, 0.717) is 0 Å². The van der Waals surface area contributed by atoms with Gasteiger partial charge in [-0.2, -0.15) is 0 Å². The third kappa shape index (κ3) is 22.4. The van der Waals surface area contributed by atoms with Gasteiger partial charge in [-0.05, 0) is 139 Å². The zero-order chi connectivity index (χ0) is 26.5. The second kappa shape index (κ2) is 21.5. The maximum Gasteiger partial charge on any atom is -0.0288 e. The molecule has 0 spiro atoms. The third-order valence-corrected chi connectivity index (χ3v) is 6.60. The van der Waals surface area contributed by atoms with E-state index < -0.39 is 0 Å². The van der Waals surface area contributed by atoms with E-state index in [2.05, 4.69) is 98.8 Å². The summed E-state index contributed by atoms with van der Waals surface area (Å²) in [5.74, 6) is 0. The fourth-order valence-corrected chi connectivity index (χ4v) is 3.93. The van der Waals surface area contributed by atoms with E-state index in [1.165, 1.54) is 96.8 Å². The van der Waals surface area contributed by atoms with Crippen LogP contribution in [0.3, 0.4) is 0 Å². The minimum absolute atomic E-state index is 1.13. The van der Waals surface area contributed by atoms with Crippen LogP contribution in [0.15, 0.2) is 81.5 Å². The lowest BCUT2D eigenvalue weighted by Crippen LogP contribution is -1.83. The van der Waals surface area contributed by atoms with Crippen molar-refractivity contribution in [2.75, 3.05) is 0 Å². The van der Waals surface area contributed by atoms with Crippen molar-refractivity contribution in [2.45, 2.75) is 132 Å². The van der Waals surface area contributed by atoms with Crippen LogP contribution >= 0.6 is 0 Å². The number of hydrogen-bond acceptors (Lipinski definition) is 0. The van der Waals surface area contributed by atoms with E-state index in [4.69, 9.17) is 0 Å². The van der Waals surface area contributed by atoms with Gasteiger partial charge in [-0.3, -0.25) is 0 Å². The van der Waals surface area contributed by atoms with Crippen LogP contribution in [0.1, 0.15) is 132 Å². The van der Waals surface area contributed by atoms with Crippen molar-refractivity contribution in [1.29, 1.82) is 0 Å². The standard InChI is InChI=1S/C35H57/c1-10-30(4)18-12-20-32(6)22-14-24-34(8)26-16-28-35(9)27-15-25-33(7)23-13-21-31(5)19-11-17-29(2)3/h10,17,20-21,24-25,28H,1,11-16,18-19,22-23,26-27H2,2-9H3/b30-10-,31-21+,32-20+,33-25+,34-24+,35-28+. The van der Waals surface area contributed by atoms with Gasteiger partial charge in [-0.15, -0.1) is 0 Å². The highest BCUT2D eigenvalue weighted by atomic mass is 14.0. The van der Waals surface area contributed by atoms with Crippen LogP contribution in [0.2, 0.25) is 0 Å². The zero-order valence-corrected chi connectivity index (χ0v) is 24.7. The van der Waals surface area contributed by atoms with Gasteiger partial charge in [0.15, 0.2) is 0 Å². The van der Waals surface area contributed by atoms with Gasteiger partial charge in [0.25, 0.3) is 0 Å². The number of hydrogen-bond donors (Lipinski definition) is 0. The Hall–Kier alpha value is -1.82. The molecule has 0 unspecified atom stereocenters. The summed E-state index contributed by atoms with van der Waals surface area (Å²) in [4.78, 5) is 0. The predicted molar refractivity (Wildman–Crippen MR) is 163 cm³/mol. The molecule has 0 atom stereocenters. The van der Waals surface area contributed by atoms with Crippen molar-refractivity contribution in [3.63, 3.8) is 0 Å². The van der Waals surface area contributed by atoms with Gasteiger partial charge >= 0.3 is 0 Å². The maximum absolute atomic E-state index is 3.83. The van der Waals surface area contributed by atoms with E-state index in [-0.39, 0.29) is 0 Å². The van der Waals surface area contributed by atoms with Crippen LogP contribution in [0.5, 0.6) is 0 Å². The molecular formula is C35H57. The van der Waals surface area contributed by atoms with E-state index in [9.17, 15) is 0 Å². The van der Waals surface area contributed by atoms with Crippen molar-refractivity contribution in [2.24, 2.45) is 0 Å². The summed E-state index contributed by atoms with van der Waals surface area (Å²) in [6.07, 6.45) is 30.5. The highest BCUT2D eigenvalue weighted by molar-refractivity contribution is 5.09. The molecule has 0 aliphatic carbocycles. The quantitative estimate of drug-likeness (QED) is 0.172. The molecule has 0 aromatic heterocycles.